The van der Waals surface area contributed by atoms with Gasteiger partial charge in [-0.05, 0) is 42.4 Å². The Labute approximate surface area is 139 Å². The molecule has 0 spiro atoms. The molecule has 1 rings (SSSR count). The summed E-state index contributed by atoms with van der Waals surface area (Å²) in [6.45, 7) is 25.2. The first-order chi connectivity index (χ1) is 10.3. The average Bonchev–Trinajstić information content (AvgIpc) is 2.52. The van der Waals surface area contributed by atoms with E-state index in [4.69, 9.17) is 4.74 Å². The SMILES string of the molecule is C=Cc1c(C)c(C)c(CC)c(C(C)(C)C)c1OC.CC.CC. The van der Waals surface area contributed by atoms with Crippen LogP contribution in [0.15, 0.2) is 6.58 Å². The molecule has 0 heterocycles. The molecule has 0 aliphatic carbocycles. The van der Waals surface area contributed by atoms with Crippen molar-refractivity contribution in [1.82, 2.24) is 0 Å². The summed E-state index contributed by atoms with van der Waals surface area (Å²) in [7, 11) is 1.76. The summed E-state index contributed by atoms with van der Waals surface area (Å²) in [5, 5.41) is 0. The highest BCUT2D eigenvalue weighted by atomic mass is 16.5. The van der Waals surface area contributed by atoms with Crippen LogP contribution in [-0.4, -0.2) is 7.11 Å². The molecule has 0 aromatic heterocycles. The van der Waals surface area contributed by atoms with Crippen molar-refractivity contribution < 1.29 is 4.74 Å². The third-order valence-electron chi connectivity index (χ3n) is 3.70. The van der Waals surface area contributed by atoms with Crippen molar-refractivity contribution in [2.24, 2.45) is 0 Å². The standard InChI is InChI=1S/C17H26O.2C2H6/c1-9-13-11(3)12(4)14(10-2)16(18-8)15(13)17(5,6)7;2*1-2/h10H,2,9H2,1,3-8H3;2*1-2H3. The van der Waals surface area contributed by atoms with Gasteiger partial charge in [0.05, 0.1) is 7.11 Å². The summed E-state index contributed by atoms with van der Waals surface area (Å²) in [5.41, 5.74) is 6.61. The molecule has 0 radical (unpaired) electrons. The van der Waals surface area contributed by atoms with Gasteiger partial charge in [-0.3, -0.25) is 0 Å². The zero-order valence-corrected chi connectivity index (χ0v) is 16.9. The van der Waals surface area contributed by atoms with Crippen LogP contribution in [0.4, 0.5) is 0 Å². The number of ether oxygens (including phenoxy) is 1. The maximum absolute atomic E-state index is 5.70. The quantitative estimate of drug-likeness (QED) is 0.592. The fraction of sp³-hybridized carbons (Fsp3) is 0.619. The molecule has 1 nitrogen and oxygen atoms in total. The lowest BCUT2D eigenvalue weighted by Gasteiger charge is -2.29. The molecule has 0 aliphatic rings. The van der Waals surface area contributed by atoms with Crippen LogP contribution in [0.5, 0.6) is 5.75 Å². The highest BCUT2D eigenvalue weighted by Crippen LogP contribution is 2.41. The first-order valence-corrected chi connectivity index (χ1v) is 8.62. The lowest BCUT2D eigenvalue weighted by molar-refractivity contribution is 0.394. The molecule has 0 N–H and O–H groups in total. The molecular formula is C21H38O. The second kappa shape index (κ2) is 10.5. The van der Waals surface area contributed by atoms with E-state index in [0.29, 0.717) is 0 Å². The van der Waals surface area contributed by atoms with Crippen molar-refractivity contribution in [1.29, 1.82) is 0 Å². The Bertz CT molecular complexity index is 462. The van der Waals surface area contributed by atoms with Gasteiger partial charge in [-0.15, -0.1) is 0 Å². The van der Waals surface area contributed by atoms with Gasteiger partial charge in [0, 0.05) is 11.1 Å². The van der Waals surface area contributed by atoms with Crippen LogP contribution in [-0.2, 0) is 11.8 Å². The van der Waals surface area contributed by atoms with Crippen LogP contribution in [0.1, 0.15) is 83.2 Å². The van der Waals surface area contributed by atoms with E-state index in [2.05, 4.69) is 48.1 Å². The Morgan fingerprint density at radius 2 is 1.45 bits per heavy atom. The lowest BCUT2D eigenvalue weighted by atomic mass is 9.78. The molecule has 1 heteroatoms. The summed E-state index contributed by atoms with van der Waals surface area (Å²) in [5.74, 6) is 0.998. The third kappa shape index (κ3) is 4.90. The summed E-state index contributed by atoms with van der Waals surface area (Å²) in [6.07, 6.45) is 2.95. The van der Waals surface area contributed by atoms with Crippen LogP contribution in [0.2, 0.25) is 0 Å². The molecule has 0 saturated heterocycles. The first kappa shape index (κ1) is 23.0. The molecule has 0 bridgehead atoms. The van der Waals surface area contributed by atoms with Gasteiger partial charge >= 0.3 is 0 Å². The van der Waals surface area contributed by atoms with Gasteiger partial charge in [-0.2, -0.15) is 0 Å². The zero-order chi connectivity index (χ0) is 18.1. The molecule has 22 heavy (non-hydrogen) atoms. The summed E-state index contributed by atoms with van der Waals surface area (Å²) in [6, 6.07) is 0. The van der Waals surface area contributed by atoms with Crippen molar-refractivity contribution in [3.8, 4) is 5.75 Å². The molecule has 0 unspecified atom stereocenters. The third-order valence-corrected chi connectivity index (χ3v) is 3.70. The van der Waals surface area contributed by atoms with E-state index >= 15 is 0 Å². The van der Waals surface area contributed by atoms with E-state index in [1.54, 1.807) is 7.11 Å². The molecule has 1 aromatic rings. The van der Waals surface area contributed by atoms with Crippen molar-refractivity contribution in [2.75, 3.05) is 7.11 Å². The molecule has 0 atom stereocenters. The Balaban J connectivity index is 0. The highest BCUT2D eigenvalue weighted by molar-refractivity contribution is 5.68. The fourth-order valence-electron chi connectivity index (χ4n) is 2.75. The van der Waals surface area contributed by atoms with E-state index in [-0.39, 0.29) is 5.41 Å². The van der Waals surface area contributed by atoms with Gasteiger partial charge in [-0.1, -0.05) is 68.0 Å². The minimum Gasteiger partial charge on any atom is -0.496 e. The van der Waals surface area contributed by atoms with Crippen LogP contribution in [0, 0.1) is 13.8 Å². The second-order valence-corrected chi connectivity index (χ2v) is 5.86. The molecule has 0 aliphatic heterocycles. The van der Waals surface area contributed by atoms with E-state index < -0.39 is 0 Å². The highest BCUT2D eigenvalue weighted by Gasteiger charge is 2.26. The monoisotopic (exact) mass is 306 g/mol. The Morgan fingerprint density at radius 1 is 1.00 bits per heavy atom. The van der Waals surface area contributed by atoms with Crippen LogP contribution < -0.4 is 4.74 Å². The smallest absolute Gasteiger partial charge is 0.130 e. The predicted molar refractivity (Wildman–Crippen MR) is 103 cm³/mol. The van der Waals surface area contributed by atoms with Gasteiger partial charge in [0.25, 0.3) is 0 Å². The predicted octanol–water partition coefficient (Wildman–Crippen LogP) is 6.87. The zero-order valence-electron chi connectivity index (χ0n) is 16.9. The Kier molecular flexibility index (Phi) is 11.0. The van der Waals surface area contributed by atoms with Crippen LogP contribution in [0.3, 0.4) is 0 Å². The molecule has 128 valence electrons. The van der Waals surface area contributed by atoms with Gasteiger partial charge in [0.1, 0.15) is 5.75 Å². The van der Waals surface area contributed by atoms with Crippen molar-refractivity contribution in [2.45, 2.75) is 81.1 Å². The van der Waals surface area contributed by atoms with Crippen molar-refractivity contribution >= 4 is 6.08 Å². The van der Waals surface area contributed by atoms with E-state index in [9.17, 15) is 0 Å². The van der Waals surface area contributed by atoms with E-state index in [1.165, 1.54) is 22.3 Å². The Hall–Kier alpha value is -1.24. The summed E-state index contributed by atoms with van der Waals surface area (Å²) < 4.78 is 5.70. The topological polar surface area (TPSA) is 9.23 Å². The lowest BCUT2D eigenvalue weighted by Crippen LogP contribution is -2.18. The number of rotatable bonds is 3. The van der Waals surface area contributed by atoms with E-state index in [0.717, 1.165) is 17.7 Å². The molecule has 0 saturated carbocycles. The van der Waals surface area contributed by atoms with Gasteiger partial charge in [-0.25, -0.2) is 0 Å². The van der Waals surface area contributed by atoms with E-state index in [1.807, 2.05) is 33.8 Å². The molecule has 0 fully saturated rings. The summed E-state index contributed by atoms with van der Waals surface area (Å²) in [4.78, 5) is 0. The molecular weight excluding hydrogens is 268 g/mol. The van der Waals surface area contributed by atoms with Crippen molar-refractivity contribution in [3.63, 3.8) is 0 Å². The molecule has 0 amide bonds. The van der Waals surface area contributed by atoms with Gasteiger partial charge in [0.2, 0.25) is 0 Å². The first-order valence-electron chi connectivity index (χ1n) is 8.62. The maximum atomic E-state index is 5.70. The van der Waals surface area contributed by atoms with Crippen LogP contribution >= 0.6 is 0 Å². The largest absolute Gasteiger partial charge is 0.496 e. The van der Waals surface area contributed by atoms with Gasteiger partial charge in [0.15, 0.2) is 0 Å². The van der Waals surface area contributed by atoms with Crippen LogP contribution in [0.25, 0.3) is 6.08 Å². The maximum Gasteiger partial charge on any atom is 0.130 e. The summed E-state index contributed by atoms with van der Waals surface area (Å²) >= 11 is 0. The number of methoxy groups -OCH3 is 1. The normalized spacial score (nSPS) is 9.95. The minimum absolute atomic E-state index is 0.0763. The number of hydrogen-bond donors (Lipinski definition) is 0. The Morgan fingerprint density at radius 3 is 1.73 bits per heavy atom. The number of benzene rings is 1. The second-order valence-electron chi connectivity index (χ2n) is 5.86. The molecule has 1 aromatic carbocycles. The fourth-order valence-corrected chi connectivity index (χ4v) is 2.75. The minimum atomic E-state index is 0.0763. The van der Waals surface area contributed by atoms with Crippen molar-refractivity contribution in [3.05, 3.63) is 34.4 Å². The average molecular weight is 307 g/mol. The van der Waals surface area contributed by atoms with Gasteiger partial charge < -0.3 is 4.74 Å². The number of hydrogen-bond acceptors (Lipinski definition) is 1.